The molecule has 2 aromatic heterocycles. The molecule has 2 N–H and O–H groups in total. The molecule has 2 aromatic rings. The van der Waals surface area contributed by atoms with Gasteiger partial charge in [-0.1, -0.05) is 0 Å². The number of H-pyrrole nitrogens is 1. The van der Waals surface area contributed by atoms with Crippen molar-refractivity contribution in [3.63, 3.8) is 0 Å². The first kappa shape index (κ1) is 11.7. The van der Waals surface area contributed by atoms with E-state index in [9.17, 15) is 8.42 Å². The molecule has 2 rings (SSSR count). The summed E-state index contributed by atoms with van der Waals surface area (Å²) in [5.41, 5.74) is 0. The Hall–Kier alpha value is -0.770. The molecule has 0 radical (unpaired) electrons. The number of hydrogen-bond donors (Lipinski definition) is 2. The summed E-state index contributed by atoms with van der Waals surface area (Å²) in [6.07, 6.45) is 1.32. The van der Waals surface area contributed by atoms with Crippen molar-refractivity contribution in [2.24, 2.45) is 0 Å². The molecule has 0 saturated heterocycles. The number of aromatic nitrogens is 3. The maximum absolute atomic E-state index is 11.8. The molecular weight excluding hydrogens is 316 g/mol. The second kappa shape index (κ2) is 4.62. The van der Waals surface area contributed by atoms with E-state index in [0.717, 1.165) is 15.1 Å². The highest BCUT2D eigenvalue weighted by molar-refractivity contribution is 9.11. The van der Waals surface area contributed by atoms with Crippen molar-refractivity contribution in [3.05, 3.63) is 28.1 Å². The number of rotatable bonds is 4. The van der Waals surface area contributed by atoms with Gasteiger partial charge < -0.3 is 0 Å². The molecule has 0 aliphatic rings. The van der Waals surface area contributed by atoms with Gasteiger partial charge in [0, 0.05) is 0 Å². The van der Waals surface area contributed by atoms with Gasteiger partial charge in [-0.15, -0.1) is 11.3 Å². The third kappa shape index (κ3) is 2.67. The Balaban J connectivity index is 2.09. The summed E-state index contributed by atoms with van der Waals surface area (Å²) >= 11 is 4.36. The SMILES string of the molecule is O=S(=O)(NCc1ncn[nH]1)c1ccc(Br)s1. The Labute approximate surface area is 104 Å². The molecule has 2 heterocycles. The van der Waals surface area contributed by atoms with E-state index < -0.39 is 10.0 Å². The Kier molecular flexibility index (Phi) is 3.38. The van der Waals surface area contributed by atoms with Crippen LogP contribution in [0, 0.1) is 0 Å². The van der Waals surface area contributed by atoms with E-state index in [2.05, 4.69) is 35.8 Å². The zero-order valence-corrected chi connectivity index (χ0v) is 11.1. The van der Waals surface area contributed by atoms with Crippen molar-refractivity contribution in [1.82, 2.24) is 19.9 Å². The fourth-order valence-electron chi connectivity index (χ4n) is 0.993. The minimum Gasteiger partial charge on any atom is -0.262 e. The second-order valence-corrected chi connectivity index (χ2v) is 7.27. The van der Waals surface area contributed by atoms with E-state index in [0.29, 0.717) is 5.82 Å². The lowest BCUT2D eigenvalue weighted by atomic mass is 10.6. The summed E-state index contributed by atoms with van der Waals surface area (Å²) in [4.78, 5) is 3.82. The molecule has 0 fully saturated rings. The van der Waals surface area contributed by atoms with E-state index in [1.54, 1.807) is 6.07 Å². The standard InChI is InChI=1S/C7H7BrN4O2S2/c8-5-1-2-7(15-5)16(13,14)11-3-6-9-4-10-12-6/h1-2,4,11H,3H2,(H,9,10,12). The maximum Gasteiger partial charge on any atom is 0.250 e. The molecule has 9 heteroatoms. The Morgan fingerprint density at radius 1 is 1.50 bits per heavy atom. The maximum atomic E-state index is 11.8. The van der Waals surface area contributed by atoms with Gasteiger partial charge in [-0.3, -0.25) is 5.10 Å². The van der Waals surface area contributed by atoms with Crippen LogP contribution in [0.5, 0.6) is 0 Å². The molecule has 0 aliphatic heterocycles. The monoisotopic (exact) mass is 322 g/mol. The Morgan fingerprint density at radius 2 is 2.31 bits per heavy atom. The van der Waals surface area contributed by atoms with Crippen LogP contribution in [-0.2, 0) is 16.6 Å². The molecule has 0 amide bonds. The lowest BCUT2D eigenvalue weighted by Crippen LogP contribution is -2.22. The minimum atomic E-state index is -3.46. The minimum absolute atomic E-state index is 0.0951. The lowest BCUT2D eigenvalue weighted by Gasteiger charge is -2.01. The van der Waals surface area contributed by atoms with Gasteiger partial charge in [-0.2, -0.15) is 5.10 Å². The van der Waals surface area contributed by atoms with Crippen LogP contribution >= 0.6 is 27.3 Å². The number of nitrogens with zero attached hydrogens (tertiary/aromatic N) is 2. The number of nitrogens with one attached hydrogen (secondary N) is 2. The van der Waals surface area contributed by atoms with Crippen LogP contribution in [0.4, 0.5) is 0 Å². The van der Waals surface area contributed by atoms with Gasteiger partial charge in [0.2, 0.25) is 10.0 Å². The molecule has 6 nitrogen and oxygen atoms in total. The third-order valence-electron chi connectivity index (χ3n) is 1.71. The van der Waals surface area contributed by atoms with Crippen LogP contribution < -0.4 is 4.72 Å². The number of thiophene rings is 1. The first-order valence-electron chi connectivity index (χ1n) is 4.17. The number of halogens is 1. The van der Waals surface area contributed by atoms with Gasteiger partial charge >= 0.3 is 0 Å². The van der Waals surface area contributed by atoms with E-state index in [1.807, 2.05) is 0 Å². The predicted octanol–water partition coefficient (Wildman–Crippen LogP) is 1.11. The topological polar surface area (TPSA) is 87.7 Å². The smallest absolute Gasteiger partial charge is 0.250 e. The summed E-state index contributed by atoms with van der Waals surface area (Å²) in [5, 5.41) is 6.20. The average molecular weight is 323 g/mol. The molecular formula is C7H7BrN4O2S2. The molecule has 0 atom stereocenters. The van der Waals surface area contributed by atoms with E-state index in [1.165, 1.54) is 12.4 Å². The van der Waals surface area contributed by atoms with Gasteiger partial charge in [0.25, 0.3) is 0 Å². The van der Waals surface area contributed by atoms with Gasteiger partial charge in [0.15, 0.2) is 0 Å². The Bertz CT molecular complexity index is 563. The van der Waals surface area contributed by atoms with E-state index >= 15 is 0 Å². The normalized spacial score (nSPS) is 11.8. The average Bonchev–Trinajstić information content (AvgIpc) is 2.85. The number of aromatic amines is 1. The van der Waals surface area contributed by atoms with Gasteiger partial charge in [-0.05, 0) is 28.1 Å². The predicted molar refractivity (Wildman–Crippen MR) is 62.4 cm³/mol. The largest absolute Gasteiger partial charge is 0.262 e. The summed E-state index contributed by atoms with van der Waals surface area (Å²) in [6.45, 7) is 0.0951. The van der Waals surface area contributed by atoms with Crippen LogP contribution in [0.15, 0.2) is 26.5 Å². The molecule has 0 unspecified atom stereocenters. The summed E-state index contributed by atoms with van der Waals surface area (Å²) in [5.74, 6) is 0.471. The zero-order valence-electron chi connectivity index (χ0n) is 7.84. The van der Waals surface area contributed by atoms with Crippen molar-refractivity contribution in [3.8, 4) is 0 Å². The molecule has 86 valence electrons. The zero-order chi connectivity index (χ0) is 11.6. The summed E-state index contributed by atoms with van der Waals surface area (Å²) < 4.78 is 27.0. The highest BCUT2D eigenvalue weighted by Gasteiger charge is 2.16. The van der Waals surface area contributed by atoms with Gasteiger partial charge in [-0.25, -0.2) is 18.1 Å². The fourth-order valence-corrected chi connectivity index (χ4v) is 4.03. The first-order valence-corrected chi connectivity index (χ1v) is 7.26. The van der Waals surface area contributed by atoms with Crippen LogP contribution in [0.25, 0.3) is 0 Å². The lowest BCUT2D eigenvalue weighted by molar-refractivity contribution is 0.581. The molecule has 0 saturated carbocycles. The van der Waals surface area contributed by atoms with Crippen LogP contribution in [-0.4, -0.2) is 23.6 Å². The third-order valence-corrected chi connectivity index (χ3v) is 5.22. The van der Waals surface area contributed by atoms with Crippen molar-refractivity contribution in [2.75, 3.05) is 0 Å². The van der Waals surface area contributed by atoms with Crippen LogP contribution in [0.2, 0.25) is 0 Å². The first-order chi connectivity index (χ1) is 7.58. The number of sulfonamides is 1. The summed E-state index contributed by atoms with van der Waals surface area (Å²) in [6, 6.07) is 3.23. The van der Waals surface area contributed by atoms with Gasteiger partial charge in [0.1, 0.15) is 16.4 Å². The van der Waals surface area contributed by atoms with Crippen molar-refractivity contribution in [2.45, 2.75) is 10.8 Å². The van der Waals surface area contributed by atoms with Crippen molar-refractivity contribution < 1.29 is 8.42 Å². The quantitative estimate of drug-likeness (QED) is 0.882. The Morgan fingerprint density at radius 3 is 2.88 bits per heavy atom. The molecule has 0 spiro atoms. The highest BCUT2D eigenvalue weighted by atomic mass is 79.9. The summed E-state index contributed by atoms with van der Waals surface area (Å²) in [7, 11) is -3.46. The highest BCUT2D eigenvalue weighted by Crippen LogP contribution is 2.25. The number of hydrogen-bond acceptors (Lipinski definition) is 5. The van der Waals surface area contributed by atoms with Crippen molar-refractivity contribution >= 4 is 37.3 Å². The van der Waals surface area contributed by atoms with E-state index in [4.69, 9.17) is 0 Å². The fraction of sp³-hybridized carbons (Fsp3) is 0.143. The second-order valence-electron chi connectivity index (χ2n) is 2.82. The van der Waals surface area contributed by atoms with E-state index in [-0.39, 0.29) is 10.8 Å². The van der Waals surface area contributed by atoms with Gasteiger partial charge in [0.05, 0.1) is 10.3 Å². The molecule has 0 aromatic carbocycles. The molecule has 0 bridgehead atoms. The van der Waals surface area contributed by atoms with Crippen LogP contribution in [0.3, 0.4) is 0 Å². The molecule has 16 heavy (non-hydrogen) atoms. The van der Waals surface area contributed by atoms with Crippen molar-refractivity contribution in [1.29, 1.82) is 0 Å². The van der Waals surface area contributed by atoms with Crippen LogP contribution in [0.1, 0.15) is 5.82 Å². The molecule has 0 aliphatic carbocycles.